The quantitative estimate of drug-likeness (QED) is 0.154. The van der Waals surface area contributed by atoms with Crippen molar-refractivity contribution < 1.29 is 13.0 Å². The molecule has 0 atom stereocenters. The van der Waals surface area contributed by atoms with Crippen LogP contribution >= 0.6 is 0 Å². The number of hydrogen-bond donors (Lipinski definition) is 0. The highest BCUT2D eigenvalue weighted by Gasteiger charge is 2.19. The van der Waals surface area contributed by atoms with Gasteiger partial charge in [0.1, 0.15) is 0 Å². The van der Waals surface area contributed by atoms with Crippen molar-refractivity contribution in [2.45, 2.75) is 0 Å². The van der Waals surface area contributed by atoms with Crippen molar-refractivity contribution in [3.8, 4) is 0 Å². The lowest BCUT2D eigenvalue weighted by atomic mass is 9.89. The van der Waals surface area contributed by atoms with Crippen LogP contribution in [-0.4, -0.2) is 19.2 Å². The lowest BCUT2D eigenvalue weighted by Crippen LogP contribution is -1.94. The first-order valence-electron chi connectivity index (χ1n) is 10.4. The zero-order chi connectivity index (χ0) is 23.5. The Morgan fingerprint density at radius 3 is 1.36 bits per heavy atom. The Bertz CT molecular complexity index is 1250. The first kappa shape index (κ1) is 23.8. The molecule has 4 aromatic carbocycles. The fourth-order valence-electron chi connectivity index (χ4n) is 3.27. The van der Waals surface area contributed by atoms with Crippen LogP contribution in [0.2, 0.25) is 0 Å². The SMILES string of the molecule is CS(=O)(=O)[O-].[C+](=Cc1ccccc1)C(=C(c1ccccc1)c1ccccc1)c1ccccc1. The Morgan fingerprint density at radius 1 is 0.636 bits per heavy atom. The number of rotatable bonds is 5. The van der Waals surface area contributed by atoms with Gasteiger partial charge in [0.05, 0.1) is 32.9 Å². The van der Waals surface area contributed by atoms with E-state index in [9.17, 15) is 0 Å². The predicted octanol–water partition coefficient (Wildman–Crippen LogP) is 6.32. The summed E-state index contributed by atoms with van der Waals surface area (Å²) in [6.45, 7) is 0. The molecule has 0 aromatic heterocycles. The van der Waals surface area contributed by atoms with Crippen molar-refractivity contribution in [2.75, 3.05) is 6.26 Å². The predicted molar refractivity (Wildman–Crippen MR) is 135 cm³/mol. The molecule has 4 rings (SSSR count). The minimum Gasteiger partial charge on any atom is -0.748 e. The summed E-state index contributed by atoms with van der Waals surface area (Å²) in [6.07, 6.45) is 6.27. The molecule has 3 nitrogen and oxygen atoms in total. The van der Waals surface area contributed by atoms with Gasteiger partial charge >= 0.3 is 0 Å². The van der Waals surface area contributed by atoms with Gasteiger partial charge < -0.3 is 4.55 Å². The largest absolute Gasteiger partial charge is 0.748 e. The molecule has 33 heavy (non-hydrogen) atoms. The van der Waals surface area contributed by atoms with Crippen LogP contribution in [0.4, 0.5) is 0 Å². The average Bonchev–Trinajstić information content (AvgIpc) is 2.83. The van der Waals surface area contributed by atoms with Gasteiger partial charge in [0.25, 0.3) is 0 Å². The van der Waals surface area contributed by atoms with Crippen molar-refractivity contribution in [3.63, 3.8) is 0 Å². The molecule has 0 unspecified atom stereocenters. The van der Waals surface area contributed by atoms with E-state index in [1.54, 1.807) is 0 Å². The summed E-state index contributed by atoms with van der Waals surface area (Å²) in [5.41, 5.74) is 6.92. The van der Waals surface area contributed by atoms with E-state index in [4.69, 9.17) is 13.0 Å². The van der Waals surface area contributed by atoms with Crippen LogP contribution in [0.15, 0.2) is 121 Å². The highest BCUT2D eigenvalue weighted by molar-refractivity contribution is 7.84. The van der Waals surface area contributed by atoms with Gasteiger partial charge in [-0.3, -0.25) is 0 Å². The molecule has 4 aromatic rings. The first-order valence-corrected chi connectivity index (χ1v) is 12.2. The van der Waals surface area contributed by atoms with Crippen LogP contribution in [0.25, 0.3) is 17.2 Å². The topological polar surface area (TPSA) is 57.2 Å². The van der Waals surface area contributed by atoms with E-state index >= 15 is 0 Å². The standard InChI is InChI=1S/C28H21.CH4O3S/c1-5-13-23(14-6-1)21-22-27(24-15-7-2-8-16-24)28(25-17-9-3-10-18-25)26-19-11-4-12-20-26;1-5(2,3)4/h1-21H;1H3,(H,2,3,4)/q+1;/p-1. The highest BCUT2D eigenvalue weighted by Crippen LogP contribution is 2.33. The van der Waals surface area contributed by atoms with Crippen LogP contribution < -0.4 is 0 Å². The second kappa shape index (κ2) is 11.7. The van der Waals surface area contributed by atoms with Crippen LogP contribution in [-0.2, 0) is 10.1 Å². The molecule has 0 heterocycles. The molecule has 0 aliphatic carbocycles. The normalized spacial score (nSPS) is 10.6. The van der Waals surface area contributed by atoms with Crippen LogP contribution in [0, 0.1) is 6.08 Å². The summed E-state index contributed by atoms with van der Waals surface area (Å²) >= 11 is 0. The lowest BCUT2D eigenvalue weighted by molar-refractivity contribution is 0.470. The van der Waals surface area contributed by atoms with E-state index in [2.05, 4.69) is 121 Å². The molecule has 0 N–H and O–H groups in total. The highest BCUT2D eigenvalue weighted by atomic mass is 32.2. The van der Waals surface area contributed by atoms with E-state index < -0.39 is 10.1 Å². The van der Waals surface area contributed by atoms with Gasteiger partial charge in [-0.2, -0.15) is 0 Å². The Balaban J connectivity index is 0.000000555. The summed E-state index contributed by atoms with van der Waals surface area (Å²) < 4.78 is 27.2. The third-order valence-electron chi connectivity index (χ3n) is 4.62. The van der Waals surface area contributed by atoms with Gasteiger partial charge in [-0.15, -0.1) is 0 Å². The molecule has 0 amide bonds. The van der Waals surface area contributed by atoms with Crippen LogP contribution in [0.5, 0.6) is 0 Å². The third-order valence-corrected chi connectivity index (χ3v) is 4.62. The van der Waals surface area contributed by atoms with Crippen molar-refractivity contribution >= 4 is 27.3 Å². The van der Waals surface area contributed by atoms with Crippen molar-refractivity contribution in [3.05, 3.63) is 150 Å². The fourth-order valence-corrected chi connectivity index (χ4v) is 3.27. The second-order valence-corrected chi connectivity index (χ2v) is 8.66. The zero-order valence-electron chi connectivity index (χ0n) is 18.3. The molecule has 0 bridgehead atoms. The molecular formula is C29H24O3S. The summed E-state index contributed by atoms with van der Waals surface area (Å²) in [5, 5.41) is 0. The molecule has 0 spiro atoms. The molecule has 0 aliphatic rings. The maximum atomic E-state index is 9.08. The fraction of sp³-hybridized carbons (Fsp3) is 0.0345. The molecular weight excluding hydrogens is 428 g/mol. The Labute approximate surface area is 196 Å². The Kier molecular flexibility index (Phi) is 8.45. The minimum atomic E-state index is -3.92. The van der Waals surface area contributed by atoms with Gasteiger partial charge in [-0.1, -0.05) is 72.8 Å². The maximum Gasteiger partial charge on any atom is 0.162 e. The molecule has 0 fully saturated rings. The summed E-state index contributed by atoms with van der Waals surface area (Å²) in [4.78, 5) is 0. The molecule has 0 radical (unpaired) electrons. The Morgan fingerprint density at radius 2 is 0.970 bits per heavy atom. The smallest absolute Gasteiger partial charge is 0.162 e. The third kappa shape index (κ3) is 7.99. The molecule has 4 heteroatoms. The average molecular weight is 453 g/mol. The number of benzene rings is 4. The van der Waals surface area contributed by atoms with Gasteiger partial charge in [-0.25, -0.2) is 8.42 Å². The molecule has 0 aliphatic heterocycles. The molecule has 0 saturated heterocycles. The monoisotopic (exact) mass is 452 g/mol. The van der Waals surface area contributed by atoms with Gasteiger partial charge in [-0.05, 0) is 48.5 Å². The molecule has 0 saturated carbocycles. The van der Waals surface area contributed by atoms with Crippen molar-refractivity contribution in [1.29, 1.82) is 0 Å². The van der Waals surface area contributed by atoms with E-state index in [-0.39, 0.29) is 0 Å². The van der Waals surface area contributed by atoms with Crippen LogP contribution in [0.1, 0.15) is 22.3 Å². The van der Waals surface area contributed by atoms with E-state index in [0.29, 0.717) is 6.26 Å². The maximum absolute atomic E-state index is 9.08. The summed E-state index contributed by atoms with van der Waals surface area (Å²) in [5.74, 6) is 0. The van der Waals surface area contributed by atoms with Gasteiger partial charge in [0, 0.05) is 23.5 Å². The van der Waals surface area contributed by atoms with E-state index in [1.807, 2.05) is 12.1 Å². The minimum absolute atomic E-state index is 0.604. The van der Waals surface area contributed by atoms with Gasteiger partial charge in [0.2, 0.25) is 0 Å². The first-order chi connectivity index (χ1) is 15.9. The summed E-state index contributed by atoms with van der Waals surface area (Å²) in [7, 11) is -3.92. The zero-order valence-corrected chi connectivity index (χ0v) is 19.1. The summed E-state index contributed by atoms with van der Waals surface area (Å²) in [6, 6.07) is 41.9. The van der Waals surface area contributed by atoms with Crippen LogP contribution in [0.3, 0.4) is 0 Å². The van der Waals surface area contributed by atoms with E-state index in [0.717, 1.165) is 16.7 Å². The van der Waals surface area contributed by atoms with E-state index in [1.165, 1.54) is 16.7 Å². The van der Waals surface area contributed by atoms with Crippen molar-refractivity contribution in [1.82, 2.24) is 0 Å². The number of allylic oxidation sites excluding steroid dienone is 2. The van der Waals surface area contributed by atoms with Crippen molar-refractivity contribution in [2.24, 2.45) is 0 Å². The number of hydrogen-bond acceptors (Lipinski definition) is 3. The van der Waals surface area contributed by atoms with Gasteiger partial charge in [0.15, 0.2) is 5.57 Å². The lowest BCUT2D eigenvalue weighted by Gasteiger charge is -2.08. The second-order valence-electron chi connectivity index (χ2n) is 7.25. The Hall–Kier alpha value is -3.82. The molecule has 164 valence electrons.